The highest BCUT2D eigenvalue weighted by molar-refractivity contribution is 6.34. The van der Waals surface area contributed by atoms with E-state index in [0.29, 0.717) is 22.1 Å². The maximum atomic E-state index is 12.3. The maximum Gasteiger partial charge on any atom is 0.253 e. The van der Waals surface area contributed by atoms with Gasteiger partial charge in [-0.2, -0.15) is 0 Å². The number of rotatable bonds is 4. The van der Waals surface area contributed by atoms with Crippen molar-refractivity contribution < 1.29 is 4.79 Å². The summed E-state index contributed by atoms with van der Waals surface area (Å²) < 4.78 is 0. The summed E-state index contributed by atoms with van der Waals surface area (Å²) in [6.07, 6.45) is 3.21. The third-order valence-electron chi connectivity index (χ3n) is 3.62. The van der Waals surface area contributed by atoms with E-state index in [1.165, 1.54) is 6.07 Å². The van der Waals surface area contributed by atoms with E-state index in [2.05, 4.69) is 20.3 Å². The molecule has 3 rings (SSSR count). The predicted octanol–water partition coefficient (Wildman–Crippen LogP) is 2.72. The zero-order chi connectivity index (χ0) is 17.8. The number of hydrogen-bond donors (Lipinski definition) is 2. The van der Waals surface area contributed by atoms with Crippen LogP contribution in [0.15, 0.2) is 53.6 Å². The van der Waals surface area contributed by atoms with Gasteiger partial charge in [0, 0.05) is 30.6 Å². The summed E-state index contributed by atoms with van der Waals surface area (Å²) in [6, 6.07) is 10.1. The molecule has 1 amide bonds. The Morgan fingerprint density at radius 2 is 1.88 bits per heavy atom. The topological polar surface area (TPSA) is 87.7 Å². The van der Waals surface area contributed by atoms with E-state index < -0.39 is 0 Å². The minimum atomic E-state index is -0.250. The molecule has 0 saturated carbocycles. The van der Waals surface area contributed by atoms with Crippen LogP contribution in [-0.2, 0) is 6.54 Å². The average Bonchev–Trinajstić information content (AvgIpc) is 2.60. The zero-order valence-electron chi connectivity index (χ0n) is 13.4. The van der Waals surface area contributed by atoms with Gasteiger partial charge in [0.05, 0.1) is 16.3 Å². The van der Waals surface area contributed by atoms with Gasteiger partial charge in [-0.1, -0.05) is 29.8 Å². The van der Waals surface area contributed by atoms with E-state index in [1.807, 2.05) is 13.0 Å². The molecule has 0 aliphatic rings. The molecule has 2 heterocycles. The predicted molar refractivity (Wildman–Crippen MR) is 95.4 cm³/mol. The lowest BCUT2D eigenvalue weighted by Crippen LogP contribution is -2.24. The number of pyridine rings is 1. The molecule has 3 aromatic rings. The Labute approximate surface area is 148 Å². The summed E-state index contributed by atoms with van der Waals surface area (Å²) in [5.41, 5.74) is 2.33. The summed E-state index contributed by atoms with van der Waals surface area (Å²) in [4.78, 5) is 34.7. The monoisotopic (exact) mass is 354 g/mol. The number of H-pyrrole nitrogens is 1. The molecule has 2 aromatic heterocycles. The van der Waals surface area contributed by atoms with Crippen LogP contribution in [0, 0.1) is 6.92 Å². The van der Waals surface area contributed by atoms with Crippen molar-refractivity contribution in [1.29, 1.82) is 0 Å². The van der Waals surface area contributed by atoms with Crippen molar-refractivity contribution in [2.45, 2.75) is 13.5 Å². The number of nitrogens with one attached hydrogen (secondary N) is 2. The molecule has 126 valence electrons. The lowest BCUT2D eigenvalue weighted by atomic mass is 10.1. The number of aromatic amines is 1. The standard InChI is InChI=1S/C18H15ClN4O2/c1-11-4-2-5-13(19)16(11)18(25)22-10-12-8-20-17(21-9-12)14-6-3-7-15(24)23-14/h2-9H,10H2,1H3,(H,22,25)(H,23,24). The molecule has 0 fully saturated rings. The fraction of sp³-hybridized carbons (Fsp3) is 0.111. The van der Waals surface area contributed by atoms with Crippen molar-refractivity contribution in [3.63, 3.8) is 0 Å². The summed E-state index contributed by atoms with van der Waals surface area (Å²) >= 11 is 6.09. The quantitative estimate of drug-likeness (QED) is 0.754. The minimum Gasteiger partial charge on any atom is -0.348 e. The zero-order valence-corrected chi connectivity index (χ0v) is 14.2. The van der Waals surface area contributed by atoms with Gasteiger partial charge in [0.25, 0.3) is 5.91 Å². The Balaban J connectivity index is 1.70. The molecule has 0 saturated heterocycles. The van der Waals surface area contributed by atoms with E-state index in [-0.39, 0.29) is 18.0 Å². The maximum absolute atomic E-state index is 12.3. The molecule has 0 atom stereocenters. The molecule has 0 unspecified atom stereocenters. The number of halogens is 1. The summed E-state index contributed by atoms with van der Waals surface area (Å²) in [7, 11) is 0. The smallest absolute Gasteiger partial charge is 0.253 e. The summed E-state index contributed by atoms with van der Waals surface area (Å²) in [6.45, 7) is 2.11. The highest BCUT2D eigenvalue weighted by Gasteiger charge is 2.13. The van der Waals surface area contributed by atoms with Gasteiger partial charge < -0.3 is 10.3 Å². The van der Waals surface area contributed by atoms with Crippen molar-refractivity contribution >= 4 is 17.5 Å². The highest BCUT2D eigenvalue weighted by atomic mass is 35.5. The highest BCUT2D eigenvalue weighted by Crippen LogP contribution is 2.19. The van der Waals surface area contributed by atoms with E-state index in [0.717, 1.165) is 11.1 Å². The van der Waals surface area contributed by atoms with Gasteiger partial charge in [-0.15, -0.1) is 0 Å². The minimum absolute atomic E-state index is 0.215. The lowest BCUT2D eigenvalue weighted by Gasteiger charge is -2.09. The molecule has 0 aliphatic carbocycles. The Hall–Kier alpha value is -2.99. The van der Waals surface area contributed by atoms with Gasteiger partial charge in [-0.05, 0) is 24.6 Å². The largest absolute Gasteiger partial charge is 0.348 e. The molecule has 7 heteroatoms. The summed E-state index contributed by atoms with van der Waals surface area (Å²) in [5.74, 6) is 0.161. The Morgan fingerprint density at radius 3 is 2.56 bits per heavy atom. The first-order valence-corrected chi connectivity index (χ1v) is 7.96. The Morgan fingerprint density at radius 1 is 1.16 bits per heavy atom. The molecule has 1 aromatic carbocycles. The third-order valence-corrected chi connectivity index (χ3v) is 3.93. The molecule has 0 bridgehead atoms. The normalized spacial score (nSPS) is 10.5. The molecular weight excluding hydrogens is 340 g/mol. The number of nitrogens with zero attached hydrogens (tertiary/aromatic N) is 2. The van der Waals surface area contributed by atoms with Crippen LogP contribution in [0.2, 0.25) is 5.02 Å². The van der Waals surface area contributed by atoms with E-state index in [4.69, 9.17) is 11.6 Å². The fourth-order valence-corrected chi connectivity index (χ4v) is 2.66. The molecule has 0 aliphatic heterocycles. The van der Waals surface area contributed by atoms with Crippen LogP contribution in [0.4, 0.5) is 0 Å². The van der Waals surface area contributed by atoms with Gasteiger partial charge in [-0.3, -0.25) is 9.59 Å². The first-order chi connectivity index (χ1) is 12.0. The first-order valence-electron chi connectivity index (χ1n) is 7.58. The molecule has 2 N–H and O–H groups in total. The SMILES string of the molecule is Cc1cccc(Cl)c1C(=O)NCc1cnc(-c2cccc(=O)[nH]2)nc1. The van der Waals surface area contributed by atoms with Crippen LogP contribution in [0.3, 0.4) is 0 Å². The van der Waals surface area contributed by atoms with Crippen LogP contribution in [0.1, 0.15) is 21.5 Å². The fourth-order valence-electron chi connectivity index (χ4n) is 2.35. The van der Waals surface area contributed by atoms with Gasteiger partial charge >= 0.3 is 0 Å². The third kappa shape index (κ3) is 3.92. The number of benzene rings is 1. The number of carbonyl (C=O) groups excluding carboxylic acids is 1. The van der Waals surface area contributed by atoms with Crippen LogP contribution in [0.25, 0.3) is 11.5 Å². The average molecular weight is 355 g/mol. The first kappa shape index (κ1) is 16.9. The van der Waals surface area contributed by atoms with Crippen LogP contribution >= 0.6 is 11.6 Å². The van der Waals surface area contributed by atoms with Crippen LogP contribution in [0.5, 0.6) is 0 Å². The van der Waals surface area contributed by atoms with E-state index in [9.17, 15) is 9.59 Å². The number of hydrogen-bond acceptors (Lipinski definition) is 4. The van der Waals surface area contributed by atoms with Crippen LogP contribution in [-0.4, -0.2) is 20.9 Å². The molecular formula is C18H15ClN4O2. The Kier molecular flexibility index (Phi) is 4.90. The van der Waals surface area contributed by atoms with Crippen molar-refractivity contribution in [3.8, 4) is 11.5 Å². The number of aryl methyl sites for hydroxylation is 1. The Bertz CT molecular complexity index is 947. The second-order valence-corrected chi connectivity index (χ2v) is 5.87. The summed E-state index contributed by atoms with van der Waals surface area (Å²) in [5, 5.41) is 3.22. The molecule has 6 nitrogen and oxygen atoms in total. The molecule has 0 radical (unpaired) electrons. The van der Waals surface area contributed by atoms with Gasteiger partial charge in [0.2, 0.25) is 5.56 Å². The molecule has 25 heavy (non-hydrogen) atoms. The van der Waals surface area contributed by atoms with E-state index >= 15 is 0 Å². The number of amides is 1. The van der Waals surface area contributed by atoms with E-state index in [1.54, 1.807) is 36.7 Å². The van der Waals surface area contributed by atoms with Crippen molar-refractivity contribution in [2.75, 3.05) is 0 Å². The number of carbonyl (C=O) groups is 1. The van der Waals surface area contributed by atoms with Gasteiger partial charge in [0.15, 0.2) is 5.82 Å². The van der Waals surface area contributed by atoms with Crippen molar-refractivity contribution in [1.82, 2.24) is 20.3 Å². The van der Waals surface area contributed by atoms with Gasteiger partial charge in [0.1, 0.15) is 0 Å². The molecule has 0 spiro atoms. The van der Waals surface area contributed by atoms with Crippen LogP contribution < -0.4 is 10.9 Å². The number of aromatic nitrogens is 3. The second kappa shape index (κ2) is 7.27. The van der Waals surface area contributed by atoms with Gasteiger partial charge in [-0.25, -0.2) is 9.97 Å². The lowest BCUT2D eigenvalue weighted by molar-refractivity contribution is 0.0950. The van der Waals surface area contributed by atoms with Crippen molar-refractivity contribution in [3.05, 3.63) is 80.9 Å². The second-order valence-electron chi connectivity index (χ2n) is 5.46. The van der Waals surface area contributed by atoms with Crippen molar-refractivity contribution in [2.24, 2.45) is 0 Å².